The maximum atomic E-state index is 13.2. The molecular weight excluding hydrogens is 342 g/mol. The fraction of sp³-hybridized carbons (Fsp3) is 0.500. The number of pyridine rings is 1. The topological polar surface area (TPSA) is 71.3 Å². The van der Waals surface area contributed by atoms with E-state index in [4.69, 9.17) is 0 Å². The monoisotopic (exact) mass is 367 g/mol. The minimum Gasteiger partial charge on any atom is -0.336 e. The van der Waals surface area contributed by atoms with Crippen LogP contribution in [0.15, 0.2) is 30.6 Å². The van der Waals surface area contributed by atoms with Crippen LogP contribution in [0.4, 0.5) is 0 Å². The number of piperidine rings is 1. The molecule has 0 aromatic carbocycles. The molecule has 2 amide bonds. The van der Waals surface area contributed by atoms with Crippen molar-refractivity contribution < 1.29 is 9.59 Å². The number of carbonyl (C=O) groups is 2. The Morgan fingerprint density at radius 3 is 2.63 bits per heavy atom. The molecule has 0 radical (unpaired) electrons. The predicted molar refractivity (Wildman–Crippen MR) is 100 cm³/mol. The molecule has 142 valence electrons. The van der Waals surface area contributed by atoms with Crippen LogP contribution in [-0.4, -0.2) is 62.1 Å². The lowest BCUT2D eigenvalue weighted by Crippen LogP contribution is -2.48. The van der Waals surface area contributed by atoms with E-state index in [1.807, 2.05) is 29.7 Å². The molecular formula is C20H25N5O2. The highest BCUT2D eigenvalue weighted by atomic mass is 16.2. The molecule has 5 heterocycles. The van der Waals surface area contributed by atoms with Crippen molar-refractivity contribution in [1.29, 1.82) is 0 Å². The molecule has 0 unspecified atom stereocenters. The molecule has 7 heteroatoms. The Labute approximate surface area is 159 Å². The molecule has 5 rings (SSSR count). The second kappa shape index (κ2) is 7.13. The zero-order valence-corrected chi connectivity index (χ0v) is 15.8. The van der Waals surface area contributed by atoms with Crippen LogP contribution >= 0.6 is 0 Å². The summed E-state index contributed by atoms with van der Waals surface area (Å²) in [4.78, 5) is 34.0. The van der Waals surface area contributed by atoms with Gasteiger partial charge in [0.15, 0.2) is 0 Å². The molecule has 3 fully saturated rings. The van der Waals surface area contributed by atoms with Crippen LogP contribution in [0.1, 0.15) is 46.3 Å². The number of aryl methyl sites for hydroxylation is 2. The number of aromatic nitrogens is 3. The highest BCUT2D eigenvalue weighted by molar-refractivity contribution is 5.95. The van der Waals surface area contributed by atoms with Crippen LogP contribution in [0.3, 0.4) is 0 Å². The lowest BCUT2D eigenvalue weighted by molar-refractivity contribution is 0.0562. The van der Waals surface area contributed by atoms with Gasteiger partial charge >= 0.3 is 0 Å². The number of nitrogens with zero attached hydrogens (tertiary/aromatic N) is 5. The van der Waals surface area contributed by atoms with Gasteiger partial charge in [0.1, 0.15) is 5.69 Å². The van der Waals surface area contributed by atoms with Crippen molar-refractivity contribution in [3.05, 3.63) is 47.5 Å². The van der Waals surface area contributed by atoms with Crippen molar-refractivity contribution in [1.82, 2.24) is 24.6 Å². The molecule has 2 bridgehead atoms. The number of fused-ring (bicyclic) bond motifs is 4. The van der Waals surface area contributed by atoms with Crippen molar-refractivity contribution in [3.63, 3.8) is 0 Å². The Kier molecular flexibility index (Phi) is 4.68. The van der Waals surface area contributed by atoms with Gasteiger partial charge in [-0.15, -0.1) is 0 Å². The summed E-state index contributed by atoms with van der Waals surface area (Å²) < 4.78 is 1.77. The van der Waals surface area contributed by atoms with Gasteiger partial charge in [0, 0.05) is 50.2 Å². The maximum Gasteiger partial charge on any atom is 0.272 e. The number of amides is 2. The predicted octanol–water partition coefficient (Wildman–Crippen LogP) is 1.98. The normalized spacial score (nSPS) is 22.0. The quantitative estimate of drug-likeness (QED) is 0.832. The molecule has 7 nitrogen and oxygen atoms in total. The van der Waals surface area contributed by atoms with Gasteiger partial charge in [0.2, 0.25) is 0 Å². The first-order chi connectivity index (χ1) is 13.1. The van der Waals surface area contributed by atoms with Gasteiger partial charge in [-0.1, -0.05) is 0 Å². The number of rotatable bonds is 3. The molecule has 3 aliphatic heterocycles. The number of hydrogen-bond donors (Lipinski definition) is 0. The molecule has 2 aromatic rings. The summed E-state index contributed by atoms with van der Waals surface area (Å²) >= 11 is 0. The van der Waals surface area contributed by atoms with E-state index in [1.165, 1.54) is 0 Å². The Bertz CT molecular complexity index is 847. The molecule has 0 N–H and O–H groups in total. The largest absolute Gasteiger partial charge is 0.336 e. The number of hydrogen-bond acceptors (Lipinski definition) is 4. The minimum absolute atomic E-state index is 0.0260. The van der Waals surface area contributed by atoms with E-state index in [9.17, 15) is 9.59 Å². The van der Waals surface area contributed by atoms with Gasteiger partial charge < -0.3 is 9.80 Å². The third-order valence-corrected chi connectivity index (χ3v) is 5.61. The van der Waals surface area contributed by atoms with E-state index in [1.54, 1.807) is 29.2 Å². The third-order valence-electron chi connectivity index (χ3n) is 5.61. The second-order valence-electron chi connectivity index (χ2n) is 7.49. The van der Waals surface area contributed by atoms with Gasteiger partial charge in [-0.25, -0.2) is 0 Å². The van der Waals surface area contributed by atoms with Gasteiger partial charge in [-0.05, 0) is 50.8 Å². The van der Waals surface area contributed by atoms with Gasteiger partial charge in [-0.3, -0.25) is 19.3 Å². The lowest BCUT2D eigenvalue weighted by Gasteiger charge is -2.36. The Morgan fingerprint density at radius 2 is 1.89 bits per heavy atom. The molecule has 0 spiro atoms. The standard InChI is InChI=1S/C20H25N5O2/c1-3-25-18(10-14(2)22-25)20(27)24-12-15-4-5-17(24)13-23(11-15)19(26)16-6-8-21-9-7-16/h6-10,15,17H,3-5,11-13H2,1-2H3/t15-,17+/m1/s1. The SMILES string of the molecule is CCn1nc(C)cc1C(=O)N1C[C@@H]2CC[C@H]1CN(C(=O)c1ccncc1)C2. The van der Waals surface area contributed by atoms with Crippen LogP contribution in [0.5, 0.6) is 0 Å². The summed E-state index contributed by atoms with van der Waals surface area (Å²) in [7, 11) is 0. The lowest BCUT2D eigenvalue weighted by atomic mass is 9.94. The fourth-order valence-corrected chi connectivity index (χ4v) is 4.28. The van der Waals surface area contributed by atoms with Crippen molar-refractivity contribution in [2.75, 3.05) is 19.6 Å². The first-order valence-electron chi connectivity index (χ1n) is 9.61. The Balaban J connectivity index is 1.56. The average Bonchev–Trinajstić information content (AvgIpc) is 2.86. The Morgan fingerprint density at radius 1 is 1.11 bits per heavy atom. The second-order valence-corrected chi connectivity index (χ2v) is 7.49. The molecule has 2 aromatic heterocycles. The summed E-state index contributed by atoms with van der Waals surface area (Å²) in [6.07, 6.45) is 5.28. The maximum absolute atomic E-state index is 13.2. The fourth-order valence-electron chi connectivity index (χ4n) is 4.28. The van der Waals surface area contributed by atoms with Crippen LogP contribution in [0, 0.1) is 12.8 Å². The highest BCUT2D eigenvalue weighted by Gasteiger charge is 2.39. The zero-order valence-electron chi connectivity index (χ0n) is 15.8. The molecule has 3 aliphatic rings. The first-order valence-corrected chi connectivity index (χ1v) is 9.61. The van der Waals surface area contributed by atoms with E-state index in [0.29, 0.717) is 43.4 Å². The van der Waals surface area contributed by atoms with Crippen LogP contribution in [0.25, 0.3) is 0 Å². The molecule has 0 saturated carbocycles. The van der Waals surface area contributed by atoms with E-state index in [-0.39, 0.29) is 17.9 Å². The summed E-state index contributed by atoms with van der Waals surface area (Å²) in [5.74, 6) is 0.376. The summed E-state index contributed by atoms with van der Waals surface area (Å²) in [6.45, 7) is 6.57. The van der Waals surface area contributed by atoms with Crippen molar-refractivity contribution in [2.24, 2.45) is 5.92 Å². The minimum atomic E-state index is 0.0260. The molecule has 2 atom stereocenters. The van der Waals surface area contributed by atoms with Crippen LogP contribution in [0.2, 0.25) is 0 Å². The van der Waals surface area contributed by atoms with Crippen molar-refractivity contribution >= 4 is 11.8 Å². The summed E-state index contributed by atoms with van der Waals surface area (Å²) in [5.41, 5.74) is 2.16. The van der Waals surface area contributed by atoms with Crippen LogP contribution in [-0.2, 0) is 6.54 Å². The number of carbonyl (C=O) groups excluding carboxylic acids is 2. The van der Waals surface area contributed by atoms with E-state index >= 15 is 0 Å². The van der Waals surface area contributed by atoms with Gasteiger partial charge in [-0.2, -0.15) is 5.10 Å². The zero-order chi connectivity index (χ0) is 19.0. The van der Waals surface area contributed by atoms with Crippen LogP contribution < -0.4 is 0 Å². The molecule has 3 saturated heterocycles. The smallest absolute Gasteiger partial charge is 0.272 e. The third kappa shape index (κ3) is 3.34. The van der Waals surface area contributed by atoms with E-state index in [2.05, 4.69) is 10.1 Å². The Hall–Kier alpha value is -2.70. The molecule has 27 heavy (non-hydrogen) atoms. The van der Waals surface area contributed by atoms with Crippen molar-refractivity contribution in [2.45, 2.75) is 39.3 Å². The highest BCUT2D eigenvalue weighted by Crippen LogP contribution is 2.30. The van der Waals surface area contributed by atoms with E-state index in [0.717, 1.165) is 18.5 Å². The van der Waals surface area contributed by atoms with E-state index < -0.39 is 0 Å². The summed E-state index contributed by atoms with van der Waals surface area (Å²) in [6, 6.07) is 5.42. The van der Waals surface area contributed by atoms with Gasteiger partial charge in [0.05, 0.1) is 5.69 Å². The van der Waals surface area contributed by atoms with Gasteiger partial charge in [0.25, 0.3) is 11.8 Å². The van der Waals surface area contributed by atoms with Crippen molar-refractivity contribution in [3.8, 4) is 0 Å². The summed E-state index contributed by atoms with van der Waals surface area (Å²) in [5, 5.41) is 4.41. The first kappa shape index (κ1) is 17.7. The molecule has 0 aliphatic carbocycles. The average molecular weight is 367 g/mol.